The molecule has 2 aromatic heterocycles. The van der Waals surface area contributed by atoms with Gasteiger partial charge >= 0.3 is 6.03 Å². The number of rotatable bonds is 3. The van der Waals surface area contributed by atoms with Crippen molar-refractivity contribution in [3.63, 3.8) is 0 Å². The van der Waals surface area contributed by atoms with Crippen LogP contribution in [0.5, 0.6) is 0 Å². The first-order valence-electron chi connectivity index (χ1n) is 9.82. The van der Waals surface area contributed by atoms with Crippen LogP contribution in [0.2, 0.25) is 0 Å². The van der Waals surface area contributed by atoms with E-state index < -0.39 is 0 Å². The molecule has 1 N–H and O–H groups in total. The molecule has 3 amide bonds. The SMILES string of the molecule is CN(C)C(=O)N1CCCC1c1nc(C(=O)NC2CCCC2)c2ccccn12. The van der Waals surface area contributed by atoms with Gasteiger partial charge in [0.25, 0.3) is 5.91 Å². The van der Waals surface area contributed by atoms with Crippen LogP contribution in [-0.4, -0.2) is 57.8 Å². The van der Waals surface area contributed by atoms with Crippen molar-refractivity contribution in [2.24, 2.45) is 0 Å². The van der Waals surface area contributed by atoms with E-state index in [0.717, 1.165) is 37.0 Å². The molecule has 27 heavy (non-hydrogen) atoms. The van der Waals surface area contributed by atoms with Crippen molar-refractivity contribution in [3.8, 4) is 0 Å². The highest BCUT2D eigenvalue weighted by molar-refractivity contribution is 5.99. The van der Waals surface area contributed by atoms with Gasteiger partial charge in [0.15, 0.2) is 5.69 Å². The number of hydrogen-bond donors (Lipinski definition) is 1. The molecule has 2 fully saturated rings. The zero-order chi connectivity index (χ0) is 19.0. The van der Waals surface area contributed by atoms with E-state index in [-0.39, 0.29) is 24.0 Å². The first kappa shape index (κ1) is 17.8. The molecular formula is C20H27N5O2. The average Bonchev–Trinajstić information content (AvgIpc) is 3.39. The standard InChI is InChI=1S/C20H27N5O2/c1-23(2)20(27)25-13-7-11-16(25)18-22-17(15-10-5-6-12-24(15)18)19(26)21-14-8-3-4-9-14/h5-6,10,12,14,16H,3-4,7-9,11,13H2,1-2H3,(H,21,26). The maximum Gasteiger partial charge on any atom is 0.320 e. The Hall–Kier alpha value is -2.57. The van der Waals surface area contributed by atoms with E-state index in [0.29, 0.717) is 12.2 Å². The fourth-order valence-electron chi connectivity index (χ4n) is 4.31. The van der Waals surface area contributed by atoms with Crippen LogP contribution in [-0.2, 0) is 0 Å². The molecule has 0 spiro atoms. The van der Waals surface area contributed by atoms with Crippen LogP contribution in [0.4, 0.5) is 4.79 Å². The third kappa shape index (κ3) is 3.26. The molecule has 1 saturated heterocycles. The minimum Gasteiger partial charge on any atom is -0.348 e. The van der Waals surface area contributed by atoms with Crippen LogP contribution < -0.4 is 5.32 Å². The third-order valence-corrected chi connectivity index (χ3v) is 5.66. The lowest BCUT2D eigenvalue weighted by Gasteiger charge is -2.27. The predicted molar refractivity (Wildman–Crippen MR) is 103 cm³/mol. The van der Waals surface area contributed by atoms with Gasteiger partial charge in [-0.25, -0.2) is 9.78 Å². The highest BCUT2D eigenvalue weighted by Crippen LogP contribution is 2.33. The zero-order valence-corrected chi connectivity index (χ0v) is 16.0. The van der Waals surface area contributed by atoms with E-state index in [9.17, 15) is 9.59 Å². The number of aromatic nitrogens is 2. The number of likely N-dealkylation sites (tertiary alicyclic amines) is 1. The average molecular weight is 369 g/mol. The lowest BCUT2D eigenvalue weighted by atomic mass is 10.2. The van der Waals surface area contributed by atoms with Crippen LogP contribution in [0.1, 0.15) is 60.9 Å². The van der Waals surface area contributed by atoms with Gasteiger partial charge in [0.1, 0.15) is 5.82 Å². The number of nitrogens with zero attached hydrogens (tertiary/aromatic N) is 4. The summed E-state index contributed by atoms with van der Waals surface area (Å²) in [6.45, 7) is 0.715. The van der Waals surface area contributed by atoms with E-state index in [4.69, 9.17) is 4.98 Å². The highest BCUT2D eigenvalue weighted by atomic mass is 16.2. The van der Waals surface area contributed by atoms with Crippen LogP contribution in [0.25, 0.3) is 5.52 Å². The molecule has 0 bridgehead atoms. The summed E-state index contributed by atoms with van der Waals surface area (Å²) in [5, 5.41) is 3.14. The number of hydrogen-bond acceptors (Lipinski definition) is 3. The van der Waals surface area contributed by atoms with Crippen molar-refractivity contribution in [1.29, 1.82) is 0 Å². The van der Waals surface area contributed by atoms with Gasteiger partial charge in [-0.1, -0.05) is 18.9 Å². The molecule has 1 unspecified atom stereocenters. The topological polar surface area (TPSA) is 70.0 Å². The van der Waals surface area contributed by atoms with Crippen LogP contribution >= 0.6 is 0 Å². The minimum absolute atomic E-state index is 0.0119. The summed E-state index contributed by atoms with van der Waals surface area (Å²) in [4.78, 5) is 33.7. The first-order valence-corrected chi connectivity index (χ1v) is 9.82. The number of urea groups is 1. The minimum atomic E-state index is -0.111. The second-order valence-corrected chi connectivity index (χ2v) is 7.76. The fourth-order valence-corrected chi connectivity index (χ4v) is 4.31. The summed E-state index contributed by atoms with van der Waals surface area (Å²) >= 11 is 0. The molecule has 144 valence electrons. The van der Waals surface area contributed by atoms with Crippen LogP contribution in [0.15, 0.2) is 24.4 Å². The molecule has 4 rings (SSSR count). The van der Waals surface area contributed by atoms with E-state index in [1.165, 1.54) is 12.8 Å². The summed E-state index contributed by atoms with van der Waals surface area (Å²) in [5.74, 6) is 0.662. The number of imidazole rings is 1. The highest BCUT2D eigenvalue weighted by Gasteiger charge is 2.35. The maximum atomic E-state index is 12.9. The molecular weight excluding hydrogens is 342 g/mol. The maximum absolute atomic E-state index is 12.9. The van der Waals surface area contributed by atoms with Crippen molar-refractivity contribution < 1.29 is 9.59 Å². The molecule has 1 atom stereocenters. The van der Waals surface area contributed by atoms with E-state index in [2.05, 4.69) is 5.32 Å². The number of carbonyl (C=O) groups excluding carboxylic acids is 2. The molecule has 1 saturated carbocycles. The number of fused-ring (bicyclic) bond motifs is 1. The van der Waals surface area contributed by atoms with E-state index >= 15 is 0 Å². The van der Waals surface area contributed by atoms with Crippen LogP contribution in [0.3, 0.4) is 0 Å². The summed E-state index contributed by atoms with van der Waals surface area (Å²) in [7, 11) is 3.53. The Bertz CT molecular complexity index is 853. The van der Waals surface area contributed by atoms with Gasteiger partial charge in [-0.05, 0) is 37.8 Å². The third-order valence-electron chi connectivity index (χ3n) is 5.66. The molecule has 1 aliphatic heterocycles. The Balaban J connectivity index is 1.69. The number of nitrogens with one attached hydrogen (secondary N) is 1. The fraction of sp³-hybridized carbons (Fsp3) is 0.550. The van der Waals surface area contributed by atoms with Crippen molar-refractivity contribution in [2.45, 2.75) is 50.6 Å². The van der Waals surface area contributed by atoms with Gasteiger partial charge < -0.3 is 19.5 Å². The molecule has 3 heterocycles. The smallest absolute Gasteiger partial charge is 0.320 e. The van der Waals surface area contributed by atoms with Crippen LogP contribution in [0, 0.1) is 0 Å². The number of amides is 3. The normalized spacial score (nSPS) is 20.4. The summed E-state index contributed by atoms with van der Waals surface area (Å²) in [6.07, 6.45) is 8.15. The van der Waals surface area contributed by atoms with Crippen molar-refractivity contribution >= 4 is 17.5 Å². The van der Waals surface area contributed by atoms with E-state index in [1.54, 1.807) is 19.0 Å². The lowest BCUT2D eigenvalue weighted by Crippen LogP contribution is -2.39. The Morgan fingerprint density at radius 3 is 2.67 bits per heavy atom. The Kier molecular flexibility index (Phi) is 4.76. The second-order valence-electron chi connectivity index (χ2n) is 7.76. The van der Waals surface area contributed by atoms with Gasteiger partial charge in [0, 0.05) is 32.9 Å². The Morgan fingerprint density at radius 1 is 1.15 bits per heavy atom. The molecule has 7 nitrogen and oxygen atoms in total. The molecule has 0 radical (unpaired) electrons. The lowest BCUT2D eigenvalue weighted by molar-refractivity contribution is 0.0934. The molecule has 2 aliphatic rings. The Morgan fingerprint density at radius 2 is 1.93 bits per heavy atom. The Labute approximate surface area is 159 Å². The zero-order valence-electron chi connectivity index (χ0n) is 16.0. The van der Waals surface area contributed by atoms with Crippen molar-refractivity contribution in [2.75, 3.05) is 20.6 Å². The summed E-state index contributed by atoms with van der Waals surface area (Å²) in [6, 6.07) is 5.91. The predicted octanol–water partition coefficient (Wildman–Crippen LogP) is 2.83. The number of pyridine rings is 1. The molecule has 2 aromatic rings. The van der Waals surface area contributed by atoms with E-state index in [1.807, 2.05) is 33.7 Å². The molecule has 0 aromatic carbocycles. The number of carbonyl (C=O) groups is 2. The van der Waals surface area contributed by atoms with Crippen molar-refractivity contribution in [3.05, 3.63) is 35.9 Å². The molecule has 1 aliphatic carbocycles. The molecule has 7 heteroatoms. The van der Waals surface area contributed by atoms with Gasteiger partial charge in [-0.3, -0.25) is 4.79 Å². The van der Waals surface area contributed by atoms with Gasteiger partial charge in [-0.2, -0.15) is 0 Å². The van der Waals surface area contributed by atoms with Gasteiger partial charge in [0.2, 0.25) is 0 Å². The summed E-state index contributed by atoms with van der Waals surface area (Å²) in [5.41, 5.74) is 1.26. The quantitative estimate of drug-likeness (QED) is 0.904. The monoisotopic (exact) mass is 369 g/mol. The second kappa shape index (κ2) is 7.21. The summed E-state index contributed by atoms with van der Waals surface area (Å²) < 4.78 is 1.97. The van der Waals surface area contributed by atoms with Gasteiger partial charge in [-0.15, -0.1) is 0 Å². The van der Waals surface area contributed by atoms with Crippen molar-refractivity contribution in [1.82, 2.24) is 24.5 Å². The van der Waals surface area contributed by atoms with Gasteiger partial charge in [0.05, 0.1) is 11.6 Å². The largest absolute Gasteiger partial charge is 0.348 e. The first-order chi connectivity index (χ1) is 13.1.